The number of fused-ring (bicyclic) bond motifs is 5. The van der Waals surface area contributed by atoms with Crippen molar-refractivity contribution in [1.29, 1.82) is 0 Å². The number of rotatable bonds is 13. The van der Waals surface area contributed by atoms with Crippen LogP contribution in [0.15, 0.2) is 115 Å². The molecule has 8 heteroatoms. The van der Waals surface area contributed by atoms with Crippen molar-refractivity contribution in [2.24, 2.45) is 17.3 Å². The molecular weight excluding hydrogens is 673 g/mol. The van der Waals surface area contributed by atoms with Crippen LogP contribution in [0.25, 0.3) is 0 Å². The second-order valence-electron chi connectivity index (χ2n) is 16.1. The summed E-state index contributed by atoms with van der Waals surface area (Å²) in [6.07, 6.45) is 11.7. The van der Waals surface area contributed by atoms with Crippen molar-refractivity contribution in [1.82, 2.24) is 20.5 Å². The number of phenols is 1. The molecule has 0 saturated heterocycles. The fraction of sp³-hybridized carbons (Fsp3) is 0.413. The van der Waals surface area contributed by atoms with Crippen LogP contribution >= 0.6 is 0 Å². The molecule has 0 bridgehead atoms. The van der Waals surface area contributed by atoms with Gasteiger partial charge in [-0.1, -0.05) is 122 Å². The number of aryl methyl sites for hydroxylation is 2. The lowest BCUT2D eigenvalue weighted by Gasteiger charge is -2.52. The third kappa shape index (κ3) is 6.53. The molecule has 0 aliphatic heterocycles. The zero-order valence-corrected chi connectivity index (χ0v) is 31.2. The maximum absolute atomic E-state index is 13.2. The largest absolute Gasteiger partial charge is 0.508 e. The molecule has 8 rings (SSSR count). The van der Waals surface area contributed by atoms with Gasteiger partial charge >= 0.3 is 0 Å². The van der Waals surface area contributed by atoms with Crippen LogP contribution in [0.5, 0.6) is 5.75 Å². The van der Waals surface area contributed by atoms with Gasteiger partial charge in [0.25, 0.3) is 0 Å². The zero-order chi connectivity index (χ0) is 37.2. The standard InChI is InChI=1S/C46H52N4O4/c1-44-28-26-39-38-25-23-37(51)31-33(38)22-24-40(39)41(44)27-29-45(44,53)42-32-50(49-47-42)30-14-3-2-13-21-43(52)48-54-46(34-15-7-4-8-16-34,35-17-9-5-10-18-35)36-19-11-6-12-20-36/h4-12,15-20,23,25,31-32,39-41,51,53H,2-3,13-14,21-22,24,26-30H2,1H3,(H,48,52)/t39-,40-,41+,44+,45-/m1/s1. The molecule has 54 heavy (non-hydrogen) atoms. The highest BCUT2D eigenvalue weighted by Gasteiger charge is 2.63. The van der Waals surface area contributed by atoms with E-state index in [1.54, 1.807) is 0 Å². The number of hydrogen-bond donors (Lipinski definition) is 3. The molecule has 2 fully saturated rings. The van der Waals surface area contributed by atoms with E-state index in [1.165, 1.54) is 11.1 Å². The molecule has 1 amide bonds. The highest BCUT2D eigenvalue weighted by molar-refractivity contribution is 5.74. The molecule has 5 atom stereocenters. The average Bonchev–Trinajstić information content (AvgIpc) is 3.80. The normalized spacial score (nSPS) is 24.7. The lowest BCUT2D eigenvalue weighted by Crippen LogP contribution is -2.49. The third-order valence-electron chi connectivity index (χ3n) is 13.2. The van der Waals surface area contributed by atoms with Gasteiger partial charge in [0.05, 0.1) is 6.20 Å². The molecule has 3 N–H and O–H groups in total. The molecule has 2 saturated carbocycles. The van der Waals surface area contributed by atoms with E-state index in [0.717, 1.165) is 81.0 Å². The number of aromatic hydroxyl groups is 1. The van der Waals surface area contributed by atoms with Gasteiger partial charge in [0.15, 0.2) is 5.60 Å². The number of benzene rings is 4. The highest BCUT2D eigenvalue weighted by atomic mass is 16.7. The van der Waals surface area contributed by atoms with Crippen LogP contribution < -0.4 is 5.48 Å². The highest BCUT2D eigenvalue weighted by Crippen LogP contribution is 2.66. The number of hydroxylamine groups is 1. The van der Waals surface area contributed by atoms with Crippen LogP contribution in [0.3, 0.4) is 0 Å². The van der Waals surface area contributed by atoms with Gasteiger partial charge in [-0.05, 0) is 109 Å². The fourth-order valence-corrected chi connectivity index (χ4v) is 10.4. The number of aliphatic hydroxyl groups is 1. The zero-order valence-electron chi connectivity index (χ0n) is 31.2. The summed E-state index contributed by atoms with van der Waals surface area (Å²) >= 11 is 0. The second-order valence-corrected chi connectivity index (χ2v) is 16.1. The molecule has 4 aromatic carbocycles. The molecule has 8 nitrogen and oxygen atoms in total. The first-order valence-electron chi connectivity index (χ1n) is 19.9. The Bertz CT molecular complexity index is 1940. The number of unbranched alkanes of at least 4 members (excludes halogenated alkanes) is 3. The van der Waals surface area contributed by atoms with Crippen molar-refractivity contribution in [3.05, 3.63) is 149 Å². The first-order chi connectivity index (χ1) is 26.3. The van der Waals surface area contributed by atoms with Gasteiger partial charge in [-0.15, -0.1) is 5.10 Å². The maximum atomic E-state index is 13.2. The molecule has 5 aromatic rings. The van der Waals surface area contributed by atoms with Crippen molar-refractivity contribution in [3.63, 3.8) is 0 Å². The van der Waals surface area contributed by atoms with Crippen LogP contribution in [0.2, 0.25) is 0 Å². The summed E-state index contributed by atoms with van der Waals surface area (Å²) in [6.45, 7) is 3.01. The molecule has 0 unspecified atom stereocenters. The van der Waals surface area contributed by atoms with Gasteiger partial charge in [0, 0.05) is 18.4 Å². The van der Waals surface area contributed by atoms with Crippen LogP contribution in [0.1, 0.15) is 111 Å². The number of nitrogens with zero attached hydrogens (tertiary/aromatic N) is 3. The minimum atomic E-state index is -1.01. The Morgan fingerprint density at radius 2 is 1.50 bits per heavy atom. The molecule has 3 aliphatic rings. The maximum Gasteiger partial charge on any atom is 0.243 e. The molecule has 0 spiro atoms. The van der Waals surface area contributed by atoms with Crippen molar-refractivity contribution >= 4 is 5.91 Å². The Morgan fingerprint density at radius 3 is 2.17 bits per heavy atom. The van der Waals surface area contributed by atoms with Crippen molar-refractivity contribution in [2.75, 3.05) is 0 Å². The van der Waals surface area contributed by atoms with Gasteiger partial charge in [-0.3, -0.25) is 14.3 Å². The molecule has 3 aliphatic carbocycles. The molecular formula is C46H52N4O4. The molecule has 280 valence electrons. The summed E-state index contributed by atoms with van der Waals surface area (Å²) in [5.41, 5.74) is 6.78. The number of carbonyl (C=O) groups is 1. The monoisotopic (exact) mass is 724 g/mol. The van der Waals surface area contributed by atoms with E-state index in [0.29, 0.717) is 42.0 Å². The van der Waals surface area contributed by atoms with Gasteiger partial charge in [-0.2, -0.15) is 0 Å². The Hall–Kier alpha value is -4.79. The van der Waals surface area contributed by atoms with Crippen molar-refractivity contribution < 1.29 is 19.8 Å². The predicted octanol–water partition coefficient (Wildman–Crippen LogP) is 8.72. The smallest absolute Gasteiger partial charge is 0.243 e. The van der Waals surface area contributed by atoms with E-state index < -0.39 is 11.2 Å². The van der Waals surface area contributed by atoms with Gasteiger partial charge in [-0.25, -0.2) is 5.48 Å². The van der Waals surface area contributed by atoms with Gasteiger partial charge in [0.1, 0.15) is 17.0 Å². The minimum Gasteiger partial charge on any atom is -0.508 e. The molecule has 1 aromatic heterocycles. The minimum absolute atomic E-state index is 0.148. The van der Waals surface area contributed by atoms with E-state index in [2.05, 4.69) is 28.8 Å². The summed E-state index contributed by atoms with van der Waals surface area (Å²) < 4.78 is 1.88. The number of nitrogens with one attached hydrogen (secondary N) is 1. The van der Waals surface area contributed by atoms with Crippen LogP contribution in [-0.4, -0.2) is 31.1 Å². The Morgan fingerprint density at radius 1 is 0.852 bits per heavy atom. The predicted molar refractivity (Wildman–Crippen MR) is 208 cm³/mol. The van der Waals surface area contributed by atoms with Crippen molar-refractivity contribution in [3.8, 4) is 5.75 Å². The number of hydrogen-bond acceptors (Lipinski definition) is 6. The summed E-state index contributed by atoms with van der Waals surface area (Å²) in [5, 5.41) is 31.4. The van der Waals surface area contributed by atoms with Crippen molar-refractivity contribution in [2.45, 2.75) is 101 Å². The summed E-state index contributed by atoms with van der Waals surface area (Å²) in [7, 11) is 0. The topological polar surface area (TPSA) is 110 Å². The SMILES string of the molecule is C[C@]12CC[C@@H]3c4ccc(O)cc4CC[C@H]3[C@@H]1CC[C@@]2(O)c1cn(CCCCCCC(=O)NOC(c2ccccc2)(c2ccccc2)c2ccccc2)nn1. The Balaban J connectivity index is 0.837. The Kier molecular flexibility index (Phi) is 10.2. The van der Waals surface area contributed by atoms with E-state index >= 15 is 0 Å². The van der Waals surface area contributed by atoms with E-state index in [9.17, 15) is 15.0 Å². The lowest BCUT2D eigenvalue weighted by molar-refractivity contribution is -0.143. The number of aromatic nitrogens is 3. The average molecular weight is 725 g/mol. The van der Waals surface area contributed by atoms with Gasteiger partial charge < -0.3 is 10.2 Å². The van der Waals surface area contributed by atoms with Crippen LogP contribution in [0.4, 0.5) is 0 Å². The number of phenolic OH excluding ortho intramolecular Hbond substituents is 1. The number of amides is 1. The number of carbonyl (C=O) groups excluding carboxylic acids is 1. The van der Waals surface area contributed by atoms with Crippen LogP contribution in [0, 0.1) is 17.3 Å². The first kappa shape index (κ1) is 36.2. The van der Waals surface area contributed by atoms with Crippen LogP contribution in [-0.2, 0) is 33.8 Å². The second kappa shape index (κ2) is 15.2. The summed E-state index contributed by atoms with van der Waals surface area (Å²) in [6, 6.07) is 36.0. The van der Waals surface area contributed by atoms with E-state index in [4.69, 9.17) is 4.84 Å². The van der Waals surface area contributed by atoms with E-state index in [-0.39, 0.29) is 11.3 Å². The summed E-state index contributed by atoms with van der Waals surface area (Å²) in [5.74, 6) is 1.68. The molecule has 1 heterocycles. The molecule has 0 radical (unpaired) electrons. The quantitative estimate of drug-likeness (QED) is 0.0637. The van der Waals surface area contributed by atoms with E-state index in [1.807, 2.05) is 114 Å². The fourth-order valence-electron chi connectivity index (χ4n) is 10.4. The lowest BCUT2D eigenvalue weighted by atomic mass is 9.53. The summed E-state index contributed by atoms with van der Waals surface area (Å²) in [4.78, 5) is 19.7. The first-order valence-corrected chi connectivity index (χ1v) is 19.9. The third-order valence-corrected chi connectivity index (χ3v) is 13.2. The Labute approximate surface area is 318 Å². The van der Waals surface area contributed by atoms with Gasteiger partial charge in [0.2, 0.25) is 5.91 Å².